The van der Waals surface area contributed by atoms with E-state index in [0.717, 1.165) is 89.9 Å². The number of allylic oxidation sites excluding steroid dienone is 10. The minimum atomic E-state index is -0.777. The summed E-state index contributed by atoms with van der Waals surface area (Å²) in [6.07, 6.45) is 75.0. The van der Waals surface area contributed by atoms with Crippen molar-refractivity contribution in [2.24, 2.45) is 0 Å². The summed E-state index contributed by atoms with van der Waals surface area (Å²) in [5.41, 5.74) is 0. The zero-order valence-corrected chi connectivity index (χ0v) is 47.2. The summed E-state index contributed by atoms with van der Waals surface area (Å²) < 4.78 is 16.9. The average Bonchev–Trinajstić information content (AvgIpc) is 3.37. The van der Waals surface area contributed by atoms with E-state index in [0.29, 0.717) is 19.3 Å². The predicted octanol–water partition coefficient (Wildman–Crippen LogP) is 20.8. The fourth-order valence-corrected chi connectivity index (χ4v) is 8.90. The van der Waals surface area contributed by atoms with Gasteiger partial charge in [0.2, 0.25) is 0 Å². The van der Waals surface area contributed by atoms with Gasteiger partial charge in [-0.25, -0.2) is 0 Å². The molecule has 412 valence electrons. The molecule has 0 aromatic heterocycles. The lowest BCUT2D eigenvalue weighted by molar-refractivity contribution is -0.167. The van der Waals surface area contributed by atoms with Crippen molar-refractivity contribution in [1.29, 1.82) is 0 Å². The van der Waals surface area contributed by atoms with Crippen molar-refractivity contribution in [2.45, 2.75) is 322 Å². The summed E-state index contributed by atoms with van der Waals surface area (Å²) >= 11 is 0. The highest BCUT2D eigenvalue weighted by Gasteiger charge is 2.19. The number of esters is 3. The quantitative estimate of drug-likeness (QED) is 0.0261. The summed E-state index contributed by atoms with van der Waals surface area (Å²) in [4.78, 5) is 38.2. The Labute approximate surface area is 440 Å². The monoisotopic (exact) mass is 993 g/mol. The van der Waals surface area contributed by atoms with E-state index >= 15 is 0 Å². The normalized spacial score (nSPS) is 12.4. The van der Waals surface area contributed by atoms with E-state index in [1.165, 1.54) is 186 Å². The van der Waals surface area contributed by atoms with Crippen LogP contribution in [-0.4, -0.2) is 37.2 Å². The van der Waals surface area contributed by atoms with Crippen molar-refractivity contribution in [3.63, 3.8) is 0 Å². The van der Waals surface area contributed by atoms with Gasteiger partial charge < -0.3 is 14.2 Å². The molecule has 0 aliphatic rings. The van der Waals surface area contributed by atoms with Crippen LogP contribution >= 0.6 is 0 Å². The van der Waals surface area contributed by atoms with E-state index in [1.807, 2.05) is 0 Å². The van der Waals surface area contributed by atoms with Gasteiger partial charge in [0.15, 0.2) is 6.10 Å². The van der Waals surface area contributed by atoms with Gasteiger partial charge in [-0.1, -0.05) is 274 Å². The van der Waals surface area contributed by atoms with Crippen molar-refractivity contribution in [2.75, 3.05) is 13.2 Å². The third kappa shape index (κ3) is 57.9. The van der Waals surface area contributed by atoms with Crippen LogP contribution in [0.3, 0.4) is 0 Å². The lowest BCUT2D eigenvalue weighted by Crippen LogP contribution is -2.30. The van der Waals surface area contributed by atoms with Gasteiger partial charge >= 0.3 is 17.9 Å². The zero-order valence-electron chi connectivity index (χ0n) is 47.2. The standard InChI is InChI=1S/C65H116O6/c1-4-7-10-13-16-19-22-25-28-29-30-31-32-33-34-35-36-37-38-41-43-46-49-52-55-58-64(67)70-61-62(71-65(68)59-56-53-50-47-44-40-27-24-21-18-15-12-9-6-3)60-69-63(66)57-54-51-48-45-42-39-26-23-20-17-14-11-8-5-2/h7,10,16,19,24-25,27-28,30-31,62H,4-6,8-9,11-15,17-18,20-23,26,29,32-61H2,1-3H3/b10-7-,19-16-,27-24-,28-25-,31-30-. The first-order valence-electron chi connectivity index (χ1n) is 30.8. The van der Waals surface area contributed by atoms with Gasteiger partial charge in [-0.05, 0) is 83.5 Å². The summed E-state index contributed by atoms with van der Waals surface area (Å²) in [5, 5.41) is 0. The molecule has 0 aromatic rings. The van der Waals surface area contributed by atoms with Gasteiger partial charge in [-0.3, -0.25) is 14.4 Å². The minimum Gasteiger partial charge on any atom is -0.462 e. The van der Waals surface area contributed by atoms with Gasteiger partial charge in [-0.2, -0.15) is 0 Å². The molecule has 0 spiro atoms. The second kappa shape index (κ2) is 59.7. The first-order chi connectivity index (χ1) is 35.0. The number of ether oxygens (including phenoxy) is 3. The van der Waals surface area contributed by atoms with Crippen LogP contribution in [0, 0.1) is 0 Å². The van der Waals surface area contributed by atoms with Crippen LogP contribution in [0.5, 0.6) is 0 Å². The molecule has 1 unspecified atom stereocenters. The average molecular weight is 994 g/mol. The van der Waals surface area contributed by atoms with Crippen molar-refractivity contribution in [1.82, 2.24) is 0 Å². The molecule has 6 nitrogen and oxygen atoms in total. The Balaban J connectivity index is 4.27. The fourth-order valence-electron chi connectivity index (χ4n) is 8.90. The lowest BCUT2D eigenvalue weighted by atomic mass is 10.0. The van der Waals surface area contributed by atoms with Crippen molar-refractivity contribution < 1.29 is 28.6 Å². The predicted molar refractivity (Wildman–Crippen MR) is 307 cm³/mol. The SMILES string of the molecule is CC/C=C\C/C=C\C/C=C\C/C=C\CCCCCCCCCCCCCCC(=O)OCC(COC(=O)CCCCCCCCCCCCCCCC)OC(=O)CCCCCCC/C=C\CCCCCCC. The highest BCUT2D eigenvalue weighted by Crippen LogP contribution is 2.17. The molecular formula is C65H116O6. The van der Waals surface area contributed by atoms with Crippen LogP contribution in [0.25, 0.3) is 0 Å². The molecule has 71 heavy (non-hydrogen) atoms. The zero-order chi connectivity index (χ0) is 51.4. The molecule has 0 bridgehead atoms. The lowest BCUT2D eigenvalue weighted by Gasteiger charge is -2.18. The Kier molecular flexibility index (Phi) is 57.2. The molecule has 0 aliphatic carbocycles. The van der Waals surface area contributed by atoms with Crippen LogP contribution in [0.15, 0.2) is 60.8 Å². The highest BCUT2D eigenvalue weighted by atomic mass is 16.6. The Morgan fingerprint density at radius 2 is 0.549 bits per heavy atom. The van der Waals surface area contributed by atoms with Crippen molar-refractivity contribution in [3.05, 3.63) is 60.8 Å². The maximum Gasteiger partial charge on any atom is 0.306 e. The number of carbonyl (C=O) groups excluding carboxylic acids is 3. The third-order valence-electron chi connectivity index (χ3n) is 13.5. The Hall–Kier alpha value is -2.89. The Bertz CT molecular complexity index is 1280. The number of hydrogen-bond acceptors (Lipinski definition) is 6. The summed E-state index contributed by atoms with van der Waals surface area (Å²) in [5.74, 6) is -0.869. The van der Waals surface area contributed by atoms with E-state index in [-0.39, 0.29) is 31.1 Å². The van der Waals surface area contributed by atoms with E-state index in [4.69, 9.17) is 14.2 Å². The van der Waals surface area contributed by atoms with Crippen LogP contribution < -0.4 is 0 Å². The van der Waals surface area contributed by atoms with Crippen LogP contribution in [0.1, 0.15) is 316 Å². The number of carbonyl (C=O) groups is 3. The van der Waals surface area contributed by atoms with Gasteiger partial charge in [0, 0.05) is 19.3 Å². The largest absolute Gasteiger partial charge is 0.462 e. The number of rotatable bonds is 56. The van der Waals surface area contributed by atoms with Gasteiger partial charge in [-0.15, -0.1) is 0 Å². The van der Waals surface area contributed by atoms with Gasteiger partial charge in [0.25, 0.3) is 0 Å². The first kappa shape index (κ1) is 68.1. The third-order valence-corrected chi connectivity index (χ3v) is 13.5. The second-order valence-corrected chi connectivity index (χ2v) is 20.6. The molecule has 0 aromatic carbocycles. The first-order valence-corrected chi connectivity index (χ1v) is 30.8. The molecule has 0 fully saturated rings. The Morgan fingerprint density at radius 1 is 0.296 bits per heavy atom. The highest BCUT2D eigenvalue weighted by molar-refractivity contribution is 5.71. The maximum absolute atomic E-state index is 12.9. The van der Waals surface area contributed by atoms with Gasteiger partial charge in [0.05, 0.1) is 0 Å². The molecule has 6 heteroatoms. The molecule has 1 atom stereocenters. The number of unbranched alkanes of at least 4 members (excludes halogenated alkanes) is 35. The van der Waals surface area contributed by atoms with Crippen LogP contribution in [-0.2, 0) is 28.6 Å². The minimum absolute atomic E-state index is 0.0740. The van der Waals surface area contributed by atoms with Crippen molar-refractivity contribution >= 4 is 17.9 Å². The summed E-state index contributed by atoms with van der Waals surface area (Å²) in [6.45, 7) is 6.55. The summed E-state index contributed by atoms with van der Waals surface area (Å²) in [7, 11) is 0. The number of hydrogen-bond donors (Lipinski definition) is 0. The molecule has 0 radical (unpaired) electrons. The molecule has 0 N–H and O–H groups in total. The molecule has 0 aliphatic heterocycles. The maximum atomic E-state index is 12.9. The van der Waals surface area contributed by atoms with E-state index in [1.54, 1.807) is 0 Å². The van der Waals surface area contributed by atoms with Crippen LogP contribution in [0.4, 0.5) is 0 Å². The second-order valence-electron chi connectivity index (χ2n) is 20.6. The molecule has 0 saturated heterocycles. The molecular weight excluding hydrogens is 877 g/mol. The molecule has 0 amide bonds. The van der Waals surface area contributed by atoms with Gasteiger partial charge in [0.1, 0.15) is 13.2 Å². The topological polar surface area (TPSA) is 78.9 Å². The Morgan fingerprint density at radius 3 is 0.873 bits per heavy atom. The summed E-state index contributed by atoms with van der Waals surface area (Å²) in [6, 6.07) is 0. The van der Waals surface area contributed by atoms with E-state index in [2.05, 4.69) is 81.5 Å². The smallest absolute Gasteiger partial charge is 0.306 e. The fraction of sp³-hybridized carbons (Fsp3) is 0.800. The molecule has 0 heterocycles. The van der Waals surface area contributed by atoms with Crippen molar-refractivity contribution in [3.8, 4) is 0 Å². The molecule has 0 rings (SSSR count). The molecule has 0 saturated carbocycles. The van der Waals surface area contributed by atoms with Crippen LogP contribution in [0.2, 0.25) is 0 Å². The van der Waals surface area contributed by atoms with E-state index in [9.17, 15) is 14.4 Å². The van der Waals surface area contributed by atoms with E-state index < -0.39 is 6.10 Å².